The Bertz CT molecular complexity index is 507. The van der Waals surface area contributed by atoms with Crippen LogP contribution in [-0.4, -0.2) is 17.6 Å². The van der Waals surface area contributed by atoms with Crippen LogP contribution >= 0.6 is 11.6 Å². The number of nitrogens with one attached hydrogen (secondary N) is 1. The van der Waals surface area contributed by atoms with Gasteiger partial charge in [0.2, 0.25) is 0 Å². The quantitative estimate of drug-likeness (QED) is 0.832. The fourth-order valence-electron chi connectivity index (χ4n) is 1.62. The lowest BCUT2D eigenvalue weighted by atomic mass is 9.88. The molecule has 0 aromatic heterocycles. The van der Waals surface area contributed by atoms with Crippen molar-refractivity contribution in [2.45, 2.75) is 26.7 Å². The predicted octanol–water partition coefficient (Wildman–Crippen LogP) is 3.78. The fraction of sp³-hybridized carbons (Fsp3) is 0.429. The van der Waals surface area contributed by atoms with Crippen molar-refractivity contribution in [3.8, 4) is 6.07 Å². The highest BCUT2D eigenvalue weighted by molar-refractivity contribution is 6.33. The van der Waals surface area contributed by atoms with Crippen LogP contribution in [0.5, 0.6) is 0 Å². The van der Waals surface area contributed by atoms with Gasteiger partial charge in [0.15, 0.2) is 0 Å². The van der Waals surface area contributed by atoms with E-state index in [9.17, 15) is 4.79 Å². The molecule has 0 radical (unpaired) electrons. The van der Waals surface area contributed by atoms with Crippen molar-refractivity contribution >= 4 is 23.3 Å². The zero-order chi connectivity index (χ0) is 14.5. The van der Waals surface area contributed by atoms with Gasteiger partial charge in [0.25, 0.3) is 0 Å². The van der Waals surface area contributed by atoms with Crippen LogP contribution in [0.1, 0.15) is 37.0 Å². The molecular formula is C14H17ClN2O2. The summed E-state index contributed by atoms with van der Waals surface area (Å²) in [5.74, 6) is -1.04. The van der Waals surface area contributed by atoms with Crippen molar-refractivity contribution in [1.82, 2.24) is 0 Å². The van der Waals surface area contributed by atoms with Gasteiger partial charge in [0, 0.05) is 18.7 Å². The summed E-state index contributed by atoms with van der Waals surface area (Å²) in [7, 11) is 0. The van der Waals surface area contributed by atoms with Crippen molar-refractivity contribution in [3.05, 3.63) is 28.8 Å². The van der Waals surface area contributed by atoms with Crippen LogP contribution in [0.15, 0.2) is 18.2 Å². The van der Waals surface area contributed by atoms with Gasteiger partial charge in [0.05, 0.1) is 16.7 Å². The minimum atomic E-state index is -1.04. The van der Waals surface area contributed by atoms with Crippen LogP contribution < -0.4 is 5.32 Å². The number of nitrogens with zero attached hydrogens (tertiary/aromatic N) is 1. The molecule has 19 heavy (non-hydrogen) atoms. The number of carboxylic acids is 1. The van der Waals surface area contributed by atoms with Crippen LogP contribution in [-0.2, 0) is 0 Å². The normalized spacial score (nSPS) is 10.8. The number of rotatable bonds is 6. The van der Waals surface area contributed by atoms with E-state index in [0.29, 0.717) is 18.7 Å². The molecule has 102 valence electrons. The topological polar surface area (TPSA) is 73.1 Å². The van der Waals surface area contributed by atoms with Crippen molar-refractivity contribution in [2.24, 2.45) is 5.41 Å². The Labute approximate surface area is 118 Å². The van der Waals surface area contributed by atoms with Gasteiger partial charge >= 0.3 is 5.97 Å². The number of anilines is 1. The highest BCUT2D eigenvalue weighted by atomic mass is 35.5. The molecule has 0 bridgehead atoms. The molecule has 0 heterocycles. The van der Waals surface area contributed by atoms with E-state index in [2.05, 4.69) is 25.2 Å². The minimum Gasteiger partial charge on any atom is -0.478 e. The van der Waals surface area contributed by atoms with Gasteiger partial charge in [-0.05, 0) is 30.0 Å². The third kappa shape index (κ3) is 4.80. The van der Waals surface area contributed by atoms with E-state index < -0.39 is 5.97 Å². The molecule has 2 N–H and O–H groups in total. The summed E-state index contributed by atoms with van der Waals surface area (Å²) in [4.78, 5) is 11.0. The number of carbonyl (C=O) groups is 1. The third-order valence-electron chi connectivity index (χ3n) is 2.88. The van der Waals surface area contributed by atoms with Gasteiger partial charge in [-0.3, -0.25) is 0 Å². The van der Waals surface area contributed by atoms with Crippen LogP contribution in [0, 0.1) is 16.7 Å². The van der Waals surface area contributed by atoms with Crippen molar-refractivity contribution in [3.63, 3.8) is 0 Å². The summed E-state index contributed by atoms with van der Waals surface area (Å²) < 4.78 is 0. The zero-order valence-corrected chi connectivity index (χ0v) is 11.8. The molecule has 0 spiro atoms. The molecule has 1 rings (SSSR count). The number of benzene rings is 1. The molecule has 0 saturated heterocycles. The maximum Gasteiger partial charge on any atom is 0.337 e. The van der Waals surface area contributed by atoms with Crippen LogP contribution in [0.4, 0.5) is 5.69 Å². The van der Waals surface area contributed by atoms with Gasteiger partial charge in [-0.15, -0.1) is 0 Å². The number of nitriles is 1. The number of hydrogen-bond donors (Lipinski definition) is 2. The van der Waals surface area contributed by atoms with E-state index in [1.54, 1.807) is 12.1 Å². The van der Waals surface area contributed by atoms with Gasteiger partial charge in [-0.2, -0.15) is 5.26 Å². The lowest BCUT2D eigenvalue weighted by Crippen LogP contribution is -2.23. The molecule has 0 saturated carbocycles. The smallest absolute Gasteiger partial charge is 0.337 e. The first kappa shape index (κ1) is 15.3. The first-order valence-corrected chi connectivity index (χ1v) is 6.37. The van der Waals surface area contributed by atoms with Crippen molar-refractivity contribution in [2.75, 3.05) is 11.9 Å². The Morgan fingerprint density at radius 1 is 1.53 bits per heavy atom. The minimum absolute atomic E-state index is 0.0290. The molecule has 4 nitrogen and oxygen atoms in total. The molecule has 0 unspecified atom stereocenters. The maximum atomic E-state index is 11.0. The maximum absolute atomic E-state index is 11.0. The Kier molecular flexibility index (Phi) is 5.20. The van der Waals surface area contributed by atoms with E-state index in [1.165, 1.54) is 6.07 Å². The van der Waals surface area contributed by atoms with E-state index in [0.717, 1.165) is 6.42 Å². The molecule has 1 aromatic rings. The monoisotopic (exact) mass is 280 g/mol. The van der Waals surface area contributed by atoms with Crippen LogP contribution in [0.3, 0.4) is 0 Å². The first-order chi connectivity index (χ1) is 8.85. The SMILES string of the molecule is CC(C)(CCC#N)CNc1ccc(Cl)c(C(=O)O)c1. The molecule has 0 fully saturated rings. The molecule has 0 atom stereocenters. The van der Waals surface area contributed by atoms with E-state index >= 15 is 0 Å². The van der Waals surface area contributed by atoms with E-state index in [1.807, 2.05) is 0 Å². The molecule has 0 aliphatic carbocycles. The summed E-state index contributed by atoms with van der Waals surface area (Å²) in [5, 5.41) is 21.0. The number of carboxylic acid groups (broad SMARTS) is 1. The molecule has 0 amide bonds. The molecule has 5 heteroatoms. The summed E-state index contributed by atoms with van der Waals surface area (Å²) >= 11 is 5.81. The fourth-order valence-corrected chi connectivity index (χ4v) is 1.82. The Balaban J connectivity index is 2.71. The second kappa shape index (κ2) is 6.44. The lowest BCUT2D eigenvalue weighted by Gasteiger charge is -2.24. The average molecular weight is 281 g/mol. The Morgan fingerprint density at radius 2 is 2.21 bits per heavy atom. The van der Waals surface area contributed by atoms with Crippen molar-refractivity contribution < 1.29 is 9.90 Å². The third-order valence-corrected chi connectivity index (χ3v) is 3.21. The molecule has 1 aromatic carbocycles. The molecule has 0 aliphatic rings. The standard InChI is InChI=1S/C14H17ClN2O2/c1-14(2,6-3-7-16)9-17-10-4-5-12(15)11(8-10)13(18)19/h4-5,8,17H,3,6,9H2,1-2H3,(H,18,19). The molecular weight excluding hydrogens is 264 g/mol. The Morgan fingerprint density at radius 3 is 2.79 bits per heavy atom. The summed E-state index contributed by atoms with van der Waals surface area (Å²) in [5.41, 5.74) is 0.770. The largest absolute Gasteiger partial charge is 0.478 e. The van der Waals surface area contributed by atoms with Crippen LogP contribution in [0.2, 0.25) is 5.02 Å². The van der Waals surface area contributed by atoms with Gasteiger partial charge in [0.1, 0.15) is 0 Å². The van der Waals surface area contributed by atoms with E-state index in [-0.39, 0.29) is 16.0 Å². The Hall–Kier alpha value is -1.73. The van der Waals surface area contributed by atoms with Gasteiger partial charge in [-0.1, -0.05) is 25.4 Å². The number of aromatic carboxylic acids is 1. The van der Waals surface area contributed by atoms with Crippen LogP contribution in [0.25, 0.3) is 0 Å². The summed E-state index contributed by atoms with van der Waals surface area (Å²) in [6, 6.07) is 6.96. The number of hydrogen-bond acceptors (Lipinski definition) is 3. The lowest BCUT2D eigenvalue weighted by molar-refractivity contribution is 0.0697. The number of halogens is 1. The highest BCUT2D eigenvalue weighted by Gasteiger charge is 2.17. The molecule has 0 aliphatic heterocycles. The highest BCUT2D eigenvalue weighted by Crippen LogP contribution is 2.25. The van der Waals surface area contributed by atoms with E-state index in [4.69, 9.17) is 22.0 Å². The second-order valence-electron chi connectivity index (χ2n) is 5.18. The predicted molar refractivity (Wildman–Crippen MR) is 75.5 cm³/mol. The summed E-state index contributed by atoms with van der Waals surface area (Å²) in [6.07, 6.45) is 1.30. The summed E-state index contributed by atoms with van der Waals surface area (Å²) in [6.45, 7) is 4.78. The van der Waals surface area contributed by atoms with Crippen molar-refractivity contribution in [1.29, 1.82) is 5.26 Å². The first-order valence-electron chi connectivity index (χ1n) is 5.99. The zero-order valence-electron chi connectivity index (χ0n) is 11.0. The average Bonchev–Trinajstić information content (AvgIpc) is 2.35. The van der Waals surface area contributed by atoms with Gasteiger partial charge < -0.3 is 10.4 Å². The van der Waals surface area contributed by atoms with Gasteiger partial charge in [-0.25, -0.2) is 4.79 Å². The second-order valence-corrected chi connectivity index (χ2v) is 5.58.